The number of ether oxygens (including phenoxy) is 1. The minimum Gasteiger partial charge on any atom is -0.478 e. The van der Waals surface area contributed by atoms with Crippen molar-refractivity contribution < 1.29 is 9.53 Å². The molecule has 1 amide bonds. The zero-order chi connectivity index (χ0) is 20.5. The van der Waals surface area contributed by atoms with Crippen LogP contribution in [0.4, 0.5) is 11.4 Å². The Labute approximate surface area is 167 Å². The predicted molar refractivity (Wildman–Crippen MR) is 107 cm³/mol. The van der Waals surface area contributed by atoms with Crippen LogP contribution in [0, 0.1) is 5.92 Å². The summed E-state index contributed by atoms with van der Waals surface area (Å²) < 4.78 is 10.1. The molecule has 1 unspecified atom stereocenters. The van der Waals surface area contributed by atoms with E-state index in [0.717, 1.165) is 6.42 Å². The smallest absolute Gasteiger partial charge is 0.334 e. The van der Waals surface area contributed by atoms with E-state index in [-0.39, 0.29) is 17.5 Å². The normalized spacial score (nSPS) is 16.3. The summed E-state index contributed by atoms with van der Waals surface area (Å²) in [6.07, 6.45) is 8.95. The molecule has 1 N–H and O–H groups in total. The summed E-state index contributed by atoms with van der Waals surface area (Å²) in [5.74, 6) is 0.568. The molecule has 0 bridgehead atoms. The molecule has 4 rings (SSSR count). The number of nitrogens with zero attached hydrogens (tertiary/aromatic N) is 6. The highest BCUT2D eigenvalue weighted by Gasteiger charge is 2.26. The molecule has 1 saturated heterocycles. The van der Waals surface area contributed by atoms with Gasteiger partial charge in [0.1, 0.15) is 5.69 Å². The Morgan fingerprint density at radius 3 is 3.00 bits per heavy atom. The summed E-state index contributed by atoms with van der Waals surface area (Å²) in [5, 5.41) is 7.51. The van der Waals surface area contributed by atoms with Crippen LogP contribution in [0.25, 0.3) is 5.65 Å². The minimum atomic E-state index is -0.172. The first-order chi connectivity index (χ1) is 14.0. The number of hydrogen-bond acceptors (Lipinski definition) is 6. The first-order valence-electron chi connectivity index (χ1n) is 9.32. The Bertz CT molecular complexity index is 1130. The largest absolute Gasteiger partial charge is 0.478 e. The fourth-order valence-corrected chi connectivity index (χ4v) is 3.72. The summed E-state index contributed by atoms with van der Waals surface area (Å²) >= 11 is 0. The van der Waals surface area contributed by atoms with Crippen molar-refractivity contribution in [2.75, 3.05) is 25.5 Å². The van der Waals surface area contributed by atoms with Crippen molar-refractivity contribution in [2.24, 2.45) is 13.0 Å². The highest BCUT2D eigenvalue weighted by atomic mass is 16.5. The van der Waals surface area contributed by atoms with E-state index in [2.05, 4.69) is 22.0 Å². The van der Waals surface area contributed by atoms with Crippen molar-refractivity contribution in [3.8, 4) is 5.88 Å². The summed E-state index contributed by atoms with van der Waals surface area (Å²) in [4.78, 5) is 30.8. The zero-order valence-corrected chi connectivity index (χ0v) is 16.4. The number of aromatic nitrogens is 5. The molecular formula is C19H23N7O3. The summed E-state index contributed by atoms with van der Waals surface area (Å²) in [6, 6.07) is 0. The maximum absolute atomic E-state index is 12.9. The lowest BCUT2D eigenvalue weighted by Gasteiger charge is -2.16. The summed E-state index contributed by atoms with van der Waals surface area (Å²) in [6.45, 7) is 5.33. The van der Waals surface area contributed by atoms with Crippen LogP contribution in [0.3, 0.4) is 0 Å². The minimum absolute atomic E-state index is 0.0732. The molecule has 3 aromatic heterocycles. The second-order valence-electron chi connectivity index (χ2n) is 7.09. The molecule has 29 heavy (non-hydrogen) atoms. The molecule has 1 atom stereocenters. The van der Waals surface area contributed by atoms with E-state index < -0.39 is 0 Å². The lowest BCUT2D eigenvalue weighted by atomic mass is 10.1. The number of fused-ring (bicyclic) bond motifs is 1. The Morgan fingerprint density at radius 2 is 2.24 bits per heavy atom. The molecule has 0 radical (unpaired) electrons. The van der Waals surface area contributed by atoms with Gasteiger partial charge in [-0.2, -0.15) is 0 Å². The molecule has 4 heterocycles. The van der Waals surface area contributed by atoms with Gasteiger partial charge in [-0.3, -0.25) is 14.0 Å². The molecule has 10 heteroatoms. The number of aryl methyl sites for hydroxylation is 1. The van der Waals surface area contributed by atoms with Crippen molar-refractivity contribution in [1.82, 2.24) is 28.6 Å². The van der Waals surface area contributed by atoms with Crippen LogP contribution in [0.5, 0.6) is 5.88 Å². The summed E-state index contributed by atoms with van der Waals surface area (Å²) in [7, 11) is 3.35. The van der Waals surface area contributed by atoms with E-state index in [4.69, 9.17) is 4.74 Å². The van der Waals surface area contributed by atoms with Crippen LogP contribution in [0.2, 0.25) is 0 Å². The molecule has 0 aliphatic carbocycles. The van der Waals surface area contributed by atoms with Crippen LogP contribution >= 0.6 is 0 Å². The maximum Gasteiger partial charge on any atom is 0.334 e. The second-order valence-corrected chi connectivity index (χ2v) is 7.09. The third-order valence-corrected chi connectivity index (χ3v) is 5.10. The number of carbonyl (C=O) groups is 1. The quantitative estimate of drug-likeness (QED) is 0.624. The Kier molecular flexibility index (Phi) is 4.83. The van der Waals surface area contributed by atoms with Gasteiger partial charge in [0.05, 0.1) is 19.0 Å². The number of hydrogen-bond donors (Lipinski definition) is 1. The number of anilines is 2. The standard InChI is InChI=1S/C19H23N7O3/c1-4-16(27)24-7-5-13(9-24)10-25-12-14(17-20-6-8-26(17)19(25)28)21-15-11-23(2)22-18(15)29-3/h4,6,8,11-13,21H,1,5,7,9-10H2,2-3H3. The average Bonchev–Trinajstić information content (AvgIpc) is 3.44. The number of likely N-dealkylation sites (tertiary alicyclic amines) is 1. The number of imidazole rings is 1. The topological polar surface area (TPSA) is 98.7 Å². The average molecular weight is 397 g/mol. The molecule has 1 aliphatic rings. The number of nitrogens with one attached hydrogen (secondary N) is 1. The van der Waals surface area contributed by atoms with E-state index in [1.165, 1.54) is 10.5 Å². The van der Waals surface area contributed by atoms with Gasteiger partial charge in [0.15, 0.2) is 5.65 Å². The molecule has 0 saturated carbocycles. The zero-order valence-electron chi connectivity index (χ0n) is 16.4. The SMILES string of the molecule is C=CC(=O)N1CCC(Cn2cc(Nc3cn(C)nc3OC)c3nccn3c2=O)C1. The number of carbonyl (C=O) groups excluding carboxylic acids is 1. The van der Waals surface area contributed by atoms with Crippen LogP contribution < -0.4 is 15.7 Å². The Hall–Kier alpha value is -3.56. The second kappa shape index (κ2) is 7.46. The van der Waals surface area contributed by atoms with Gasteiger partial charge in [-0.25, -0.2) is 14.2 Å². The van der Waals surface area contributed by atoms with E-state index >= 15 is 0 Å². The number of rotatable bonds is 6. The monoisotopic (exact) mass is 397 g/mol. The van der Waals surface area contributed by atoms with Gasteiger partial charge in [0, 0.05) is 45.3 Å². The molecule has 3 aromatic rings. The molecular weight excluding hydrogens is 374 g/mol. The highest BCUT2D eigenvalue weighted by molar-refractivity contribution is 5.87. The third kappa shape index (κ3) is 3.48. The van der Waals surface area contributed by atoms with Crippen LogP contribution in [-0.2, 0) is 18.4 Å². The highest BCUT2D eigenvalue weighted by Crippen LogP contribution is 2.27. The van der Waals surface area contributed by atoms with Gasteiger partial charge in [0.25, 0.3) is 5.88 Å². The molecule has 0 spiro atoms. The molecule has 1 aliphatic heterocycles. The van der Waals surface area contributed by atoms with Gasteiger partial charge in [-0.05, 0) is 18.4 Å². The van der Waals surface area contributed by atoms with Crippen molar-refractivity contribution >= 4 is 22.9 Å². The fourth-order valence-electron chi connectivity index (χ4n) is 3.72. The maximum atomic E-state index is 12.9. The number of methoxy groups -OCH3 is 1. The van der Waals surface area contributed by atoms with Crippen molar-refractivity contribution in [1.29, 1.82) is 0 Å². The molecule has 152 valence electrons. The van der Waals surface area contributed by atoms with Gasteiger partial charge >= 0.3 is 5.69 Å². The van der Waals surface area contributed by atoms with Crippen molar-refractivity contribution in [3.63, 3.8) is 0 Å². The van der Waals surface area contributed by atoms with Crippen molar-refractivity contribution in [2.45, 2.75) is 13.0 Å². The van der Waals surface area contributed by atoms with Crippen molar-refractivity contribution in [3.05, 3.63) is 47.9 Å². The molecule has 1 fully saturated rings. The fraction of sp³-hybridized carbons (Fsp3) is 0.368. The lowest BCUT2D eigenvalue weighted by molar-refractivity contribution is -0.125. The summed E-state index contributed by atoms with van der Waals surface area (Å²) in [5.41, 5.74) is 1.69. The Morgan fingerprint density at radius 1 is 1.41 bits per heavy atom. The van der Waals surface area contributed by atoms with E-state index in [0.29, 0.717) is 42.5 Å². The van der Waals surface area contributed by atoms with Gasteiger partial charge < -0.3 is 15.0 Å². The van der Waals surface area contributed by atoms with Gasteiger partial charge in [-0.1, -0.05) is 6.58 Å². The van der Waals surface area contributed by atoms with Gasteiger partial charge in [-0.15, -0.1) is 5.10 Å². The molecule has 0 aromatic carbocycles. The first-order valence-corrected chi connectivity index (χ1v) is 9.32. The van der Waals surface area contributed by atoms with Gasteiger partial charge in [0.2, 0.25) is 5.91 Å². The van der Waals surface area contributed by atoms with E-state index in [9.17, 15) is 9.59 Å². The van der Waals surface area contributed by atoms with Crippen LogP contribution in [-0.4, -0.2) is 54.7 Å². The first kappa shape index (κ1) is 18.8. The predicted octanol–water partition coefficient (Wildman–Crippen LogP) is 1.02. The van der Waals surface area contributed by atoms with Crippen LogP contribution in [0.15, 0.2) is 42.2 Å². The van der Waals surface area contributed by atoms with E-state index in [1.54, 1.807) is 53.1 Å². The molecule has 10 nitrogen and oxygen atoms in total. The number of amides is 1. The lowest BCUT2D eigenvalue weighted by Crippen LogP contribution is -2.31. The third-order valence-electron chi connectivity index (χ3n) is 5.10. The Balaban J connectivity index is 1.65. The van der Waals surface area contributed by atoms with E-state index in [1.807, 2.05) is 0 Å². The van der Waals surface area contributed by atoms with Crippen LogP contribution in [0.1, 0.15) is 6.42 Å².